The highest BCUT2D eigenvalue weighted by Gasteiger charge is 2.10. The summed E-state index contributed by atoms with van der Waals surface area (Å²) in [6.07, 6.45) is 0.960. The number of nitrogens with one attached hydrogen (secondary N) is 1. The van der Waals surface area contributed by atoms with Gasteiger partial charge in [0, 0.05) is 13.2 Å². The van der Waals surface area contributed by atoms with Gasteiger partial charge in [-0.15, -0.1) is 0 Å². The highest BCUT2D eigenvalue weighted by molar-refractivity contribution is 7.99. The number of aromatic carboxylic acids is 1. The first-order valence-corrected chi connectivity index (χ1v) is 7.32. The summed E-state index contributed by atoms with van der Waals surface area (Å²) in [5, 5.41) is 11.9. The van der Waals surface area contributed by atoms with Crippen LogP contribution >= 0.6 is 11.8 Å². The number of hydrogen-bond donors (Lipinski definition) is 2. The third-order valence-corrected chi connectivity index (χ3v) is 3.14. The third kappa shape index (κ3) is 6.63. The highest BCUT2D eigenvalue weighted by atomic mass is 32.2. The Morgan fingerprint density at radius 1 is 1.45 bits per heavy atom. The molecule has 2 N–H and O–H groups in total. The second-order valence-corrected chi connectivity index (χ2v) is 5.32. The van der Waals surface area contributed by atoms with E-state index >= 15 is 0 Å². The largest absolute Gasteiger partial charge is 0.475 e. The summed E-state index contributed by atoms with van der Waals surface area (Å²) in [5.74, 6) is -1.17. The molecular formula is C13H19NO5S. The fraction of sp³-hybridized carbons (Fsp3) is 0.538. The molecule has 0 saturated heterocycles. The van der Waals surface area contributed by atoms with Crippen LogP contribution in [0.4, 0.5) is 0 Å². The Balaban J connectivity index is 2.14. The van der Waals surface area contributed by atoms with Crippen LogP contribution in [0.5, 0.6) is 0 Å². The predicted octanol–water partition coefficient (Wildman–Crippen LogP) is 2.00. The molecule has 1 heterocycles. The standard InChI is InChI=1S/C13H19NO5S/c1-9(2)18-7-3-6-14-11(15)8-20-12-5-4-10(19-12)13(16)17/h4-5,9H,3,6-8H2,1-2H3,(H,14,15)(H,16,17). The van der Waals surface area contributed by atoms with Crippen LogP contribution < -0.4 is 5.32 Å². The van der Waals surface area contributed by atoms with Gasteiger partial charge in [0.25, 0.3) is 0 Å². The minimum absolute atomic E-state index is 0.118. The van der Waals surface area contributed by atoms with E-state index in [4.69, 9.17) is 14.3 Å². The van der Waals surface area contributed by atoms with Gasteiger partial charge in [0.15, 0.2) is 5.09 Å². The predicted molar refractivity (Wildman–Crippen MR) is 75.1 cm³/mol. The summed E-state index contributed by atoms with van der Waals surface area (Å²) in [6.45, 7) is 5.10. The number of thioether (sulfide) groups is 1. The number of furan rings is 1. The third-order valence-electron chi connectivity index (χ3n) is 2.23. The van der Waals surface area contributed by atoms with E-state index in [1.807, 2.05) is 13.8 Å². The van der Waals surface area contributed by atoms with Gasteiger partial charge in [0.2, 0.25) is 11.7 Å². The molecule has 0 unspecified atom stereocenters. The molecule has 6 nitrogen and oxygen atoms in total. The molecule has 0 aliphatic rings. The molecule has 112 valence electrons. The maximum Gasteiger partial charge on any atom is 0.371 e. The lowest BCUT2D eigenvalue weighted by atomic mass is 10.4. The molecule has 1 aromatic rings. The van der Waals surface area contributed by atoms with Gasteiger partial charge in [-0.05, 0) is 32.4 Å². The van der Waals surface area contributed by atoms with Crippen LogP contribution in [0.1, 0.15) is 30.8 Å². The molecule has 1 rings (SSSR count). The topological polar surface area (TPSA) is 88.8 Å². The Bertz CT molecular complexity index is 444. The Kier molecular flexibility index (Phi) is 7.17. The summed E-state index contributed by atoms with van der Waals surface area (Å²) >= 11 is 1.16. The number of carboxylic acid groups (broad SMARTS) is 1. The Labute approximate surface area is 121 Å². The van der Waals surface area contributed by atoms with Crippen molar-refractivity contribution in [2.24, 2.45) is 0 Å². The summed E-state index contributed by atoms with van der Waals surface area (Å²) in [5.41, 5.74) is 0. The zero-order valence-electron chi connectivity index (χ0n) is 11.5. The fourth-order valence-electron chi connectivity index (χ4n) is 1.32. The minimum atomic E-state index is -1.12. The van der Waals surface area contributed by atoms with Crippen LogP contribution in [0.3, 0.4) is 0 Å². The first-order chi connectivity index (χ1) is 9.49. The van der Waals surface area contributed by atoms with Gasteiger partial charge in [0.1, 0.15) is 0 Å². The maximum atomic E-state index is 11.5. The monoisotopic (exact) mass is 301 g/mol. The molecule has 0 radical (unpaired) electrons. The van der Waals surface area contributed by atoms with Gasteiger partial charge in [0.05, 0.1) is 11.9 Å². The smallest absolute Gasteiger partial charge is 0.371 e. The van der Waals surface area contributed by atoms with Gasteiger partial charge in [-0.1, -0.05) is 11.8 Å². The van der Waals surface area contributed by atoms with Crippen molar-refractivity contribution in [3.63, 3.8) is 0 Å². The van der Waals surface area contributed by atoms with Crippen molar-refractivity contribution in [1.29, 1.82) is 0 Å². The number of hydrogen-bond acceptors (Lipinski definition) is 5. The van der Waals surface area contributed by atoms with Crippen LogP contribution in [0.2, 0.25) is 0 Å². The molecule has 7 heteroatoms. The molecule has 0 aromatic carbocycles. The molecule has 0 bridgehead atoms. The maximum absolute atomic E-state index is 11.5. The Morgan fingerprint density at radius 2 is 2.20 bits per heavy atom. The van der Waals surface area contributed by atoms with Crippen molar-refractivity contribution < 1.29 is 23.8 Å². The van der Waals surface area contributed by atoms with Crippen LogP contribution in [0.25, 0.3) is 0 Å². The number of carboxylic acids is 1. The van der Waals surface area contributed by atoms with Crippen LogP contribution in [0, 0.1) is 0 Å². The number of carbonyl (C=O) groups is 2. The van der Waals surface area contributed by atoms with Gasteiger partial charge in [-0.2, -0.15) is 0 Å². The zero-order valence-corrected chi connectivity index (χ0v) is 12.4. The second kappa shape index (κ2) is 8.65. The number of ether oxygens (including phenoxy) is 1. The van der Waals surface area contributed by atoms with E-state index < -0.39 is 5.97 Å². The first-order valence-electron chi connectivity index (χ1n) is 6.33. The summed E-state index contributed by atoms with van der Waals surface area (Å²) < 4.78 is 10.4. The zero-order chi connectivity index (χ0) is 15.0. The molecule has 0 spiro atoms. The van der Waals surface area contributed by atoms with Crippen molar-refractivity contribution in [3.8, 4) is 0 Å². The molecule has 0 aliphatic heterocycles. The van der Waals surface area contributed by atoms with E-state index in [-0.39, 0.29) is 23.5 Å². The summed E-state index contributed by atoms with van der Waals surface area (Å²) in [4.78, 5) is 22.1. The molecule has 20 heavy (non-hydrogen) atoms. The van der Waals surface area contributed by atoms with Gasteiger partial charge < -0.3 is 19.6 Å². The minimum Gasteiger partial charge on any atom is -0.475 e. The molecule has 0 atom stereocenters. The quantitative estimate of drug-likeness (QED) is 0.536. The molecule has 0 saturated carbocycles. The summed E-state index contributed by atoms with van der Waals surface area (Å²) in [7, 11) is 0. The van der Waals surface area contributed by atoms with E-state index in [1.165, 1.54) is 12.1 Å². The van der Waals surface area contributed by atoms with Crippen molar-refractivity contribution in [2.75, 3.05) is 18.9 Å². The van der Waals surface area contributed by atoms with Gasteiger partial charge in [-0.3, -0.25) is 4.79 Å². The molecule has 0 aliphatic carbocycles. The SMILES string of the molecule is CC(C)OCCCNC(=O)CSc1ccc(C(=O)O)o1. The lowest BCUT2D eigenvalue weighted by Gasteiger charge is -2.07. The molecular weight excluding hydrogens is 282 g/mol. The Hall–Kier alpha value is -1.47. The average molecular weight is 301 g/mol. The van der Waals surface area contributed by atoms with E-state index in [0.29, 0.717) is 18.2 Å². The molecule has 0 fully saturated rings. The normalized spacial score (nSPS) is 10.8. The first kappa shape index (κ1) is 16.6. The van der Waals surface area contributed by atoms with Crippen LogP contribution in [0.15, 0.2) is 21.6 Å². The van der Waals surface area contributed by atoms with Crippen molar-refractivity contribution in [3.05, 3.63) is 17.9 Å². The van der Waals surface area contributed by atoms with Crippen LogP contribution in [-0.2, 0) is 9.53 Å². The number of rotatable bonds is 9. The van der Waals surface area contributed by atoms with Crippen molar-refractivity contribution in [1.82, 2.24) is 5.32 Å². The Morgan fingerprint density at radius 3 is 2.80 bits per heavy atom. The number of carbonyl (C=O) groups excluding carboxylic acids is 1. The highest BCUT2D eigenvalue weighted by Crippen LogP contribution is 2.20. The van der Waals surface area contributed by atoms with Crippen molar-refractivity contribution in [2.45, 2.75) is 31.5 Å². The molecule has 1 amide bonds. The lowest BCUT2D eigenvalue weighted by molar-refractivity contribution is -0.118. The lowest BCUT2D eigenvalue weighted by Crippen LogP contribution is -2.27. The van der Waals surface area contributed by atoms with E-state index in [0.717, 1.165) is 18.2 Å². The average Bonchev–Trinajstić information content (AvgIpc) is 2.84. The van der Waals surface area contributed by atoms with Gasteiger partial charge in [-0.25, -0.2) is 4.79 Å². The fourth-order valence-corrected chi connectivity index (χ4v) is 2.01. The van der Waals surface area contributed by atoms with Crippen LogP contribution in [-0.4, -0.2) is 42.0 Å². The molecule has 1 aromatic heterocycles. The van der Waals surface area contributed by atoms with E-state index in [2.05, 4.69) is 5.32 Å². The van der Waals surface area contributed by atoms with E-state index in [1.54, 1.807) is 0 Å². The second-order valence-electron chi connectivity index (χ2n) is 4.34. The van der Waals surface area contributed by atoms with Crippen molar-refractivity contribution >= 4 is 23.6 Å². The number of amides is 1. The van der Waals surface area contributed by atoms with Gasteiger partial charge >= 0.3 is 5.97 Å². The van der Waals surface area contributed by atoms with E-state index in [9.17, 15) is 9.59 Å². The summed E-state index contributed by atoms with van der Waals surface area (Å²) in [6, 6.07) is 2.91.